The van der Waals surface area contributed by atoms with Crippen molar-refractivity contribution in [1.29, 1.82) is 5.26 Å². The van der Waals surface area contributed by atoms with Crippen LogP contribution in [0.4, 0.5) is 0 Å². The van der Waals surface area contributed by atoms with Crippen molar-refractivity contribution in [2.75, 3.05) is 0 Å². The number of rotatable bonds is 3. The Kier molecular flexibility index (Phi) is 3.09. The van der Waals surface area contributed by atoms with Gasteiger partial charge in [0.1, 0.15) is 11.4 Å². The van der Waals surface area contributed by atoms with Crippen molar-refractivity contribution in [2.45, 2.75) is 6.42 Å². The Balaban J connectivity index is 2.37. The highest BCUT2D eigenvalue weighted by molar-refractivity contribution is 5.92. The van der Waals surface area contributed by atoms with E-state index in [1.54, 1.807) is 10.6 Å². The molecule has 3 rings (SSSR count). The molecule has 2 heterocycles. The minimum atomic E-state index is -1.07. The summed E-state index contributed by atoms with van der Waals surface area (Å²) >= 11 is 0. The van der Waals surface area contributed by atoms with Gasteiger partial charge in [-0.3, -0.25) is 9.55 Å². The molecule has 6 heteroatoms. The number of hydrogen-bond acceptors (Lipinski definition) is 4. The fourth-order valence-electron chi connectivity index (χ4n) is 2.28. The van der Waals surface area contributed by atoms with Gasteiger partial charge >= 0.3 is 5.97 Å². The van der Waals surface area contributed by atoms with E-state index in [1.165, 1.54) is 12.4 Å². The summed E-state index contributed by atoms with van der Waals surface area (Å²) in [6.45, 7) is 0. The van der Waals surface area contributed by atoms with Crippen LogP contribution in [0.25, 0.3) is 16.7 Å². The molecule has 0 unspecified atom stereocenters. The summed E-state index contributed by atoms with van der Waals surface area (Å²) in [5.41, 5.74) is 2.00. The highest BCUT2D eigenvalue weighted by atomic mass is 16.4. The lowest BCUT2D eigenvalue weighted by molar-refractivity contribution is 0.0696. The van der Waals surface area contributed by atoms with Crippen LogP contribution in [0, 0.1) is 11.3 Å². The topological polar surface area (TPSA) is 91.8 Å². The monoisotopic (exact) mass is 278 g/mol. The maximum absolute atomic E-state index is 11.4. The Morgan fingerprint density at radius 2 is 2.14 bits per heavy atom. The molecule has 0 amide bonds. The highest BCUT2D eigenvalue weighted by Crippen LogP contribution is 2.23. The van der Waals surface area contributed by atoms with Gasteiger partial charge in [-0.15, -0.1) is 0 Å². The van der Waals surface area contributed by atoms with Crippen molar-refractivity contribution in [3.63, 3.8) is 0 Å². The Morgan fingerprint density at radius 3 is 2.90 bits per heavy atom. The number of nitrogens with zero attached hydrogens (tertiary/aromatic N) is 4. The number of benzene rings is 1. The number of aromatic nitrogens is 3. The number of carboxylic acids is 1. The second-order valence-electron chi connectivity index (χ2n) is 4.39. The third-order valence-corrected chi connectivity index (χ3v) is 3.14. The minimum Gasteiger partial charge on any atom is -0.478 e. The average Bonchev–Trinajstić information content (AvgIpc) is 2.85. The van der Waals surface area contributed by atoms with E-state index in [2.05, 4.69) is 16.0 Å². The number of aromatic carboxylic acids is 1. The molecule has 0 fully saturated rings. The van der Waals surface area contributed by atoms with E-state index in [1.807, 2.05) is 24.3 Å². The van der Waals surface area contributed by atoms with Gasteiger partial charge in [-0.2, -0.15) is 5.26 Å². The van der Waals surface area contributed by atoms with Crippen LogP contribution in [-0.4, -0.2) is 25.6 Å². The van der Waals surface area contributed by atoms with E-state index in [0.29, 0.717) is 11.5 Å². The molecular weight excluding hydrogens is 268 g/mol. The second-order valence-corrected chi connectivity index (χ2v) is 4.39. The third kappa shape index (κ3) is 2.11. The van der Waals surface area contributed by atoms with Crippen LogP contribution >= 0.6 is 0 Å². The van der Waals surface area contributed by atoms with Gasteiger partial charge in [0.2, 0.25) is 0 Å². The number of pyridine rings is 1. The van der Waals surface area contributed by atoms with Crippen LogP contribution in [0.5, 0.6) is 0 Å². The van der Waals surface area contributed by atoms with E-state index in [4.69, 9.17) is 5.26 Å². The predicted molar refractivity (Wildman–Crippen MR) is 75.1 cm³/mol. The molecule has 0 aliphatic heterocycles. The zero-order valence-corrected chi connectivity index (χ0v) is 10.9. The molecule has 0 atom stereocenters. The summed E-state index contributed by atoms with van der Waals surface area (Å²) in [4.78, 5) is 19.6. The summed E-state index contributed by atoms with van der Waals surface area (Å²) in [5.74, 6) is -0.564. The van der Waals surface area contributed by atoms with Gasteiger partial charge in [0.25, 0.3) is 0 Å². The molecule has 2 aromatic heterocycles. The number of nitriles is 1. The third-order valence-electron chi connectivity index (χ3n) is 3.14. The van der Waals surface area contributed by atoms with E-state index in [0.717, 1.165) is 11.0 Å². The van der Waals surface area contributed by atoms with E-state index < -0.39 is 5.97 Å². The van der Waals surface area contributed by atoms with Gasteiger partial charge < -0.3 is 5.11 Å². The van der Waals surface area contributed by atoms with Gasteiger partial charge in [-0.25, -0.2) is 9.78 Å². The molecule has 6 nitrogen and oxygen atoms in total. The largest absolute Gasteiger partial charge is 0.478 e. The molecule has 1 aromatic carbocycles. The molecule has 0 saturated heterocycles. The Bertz CT molecular complexity index is 877. The summed E-state index contributed by atoms with van der Waals surface area (Å²) in [6, 6.07) is 11.0. The molecule has 3 aromatic rings. The number of para-hydroxylation sites is 2. The molecule has 0 aliphatic rings. The molecule has 0 aliphatic carbocycles. The van der Waals surface area contributed by atoms with Crippen molar-refractivity contribution in [3.05, 3.63) is 54.1 Å². The normalized spacial score (nSPS) is 10.4. The van der Waals surface area contributed by atoms with E-state index in [9.17, 15) is 9.90 Å². The highest BCUT2D eigenvalue weighted by Gasteiger charge is 2.17. The number of fused-ring (bicyclic) bond motifs is 1. The molecule has 0 radical (unpaired) electrons. The van der Waals surface area contributed by atoms with Crippen LogP contribution in [0.3, 0.4) is 0 Å². The first kappa shape index (κ1) is 12.8. The molecule has 102 valence electrons. The zero-order chi connectivity index (χ0) is 14.8. The summed E-state index contributed by atoms with van der Waals surface area (Å²) in [7, 11) is 0. The van der Waals surface area contributed by atoms with Crippen molar-refractivity contribution < 1.29 is 9.90 Å². The van der Waals surface area contributed by atoms with Crippen LogP contribution < -0.4 is 0 Å². The molecule has 0 bridgehead atoms. The van der Waals surface area contributed by atoms with Crippen molar-refractivity contribution >= 4 is 17.0 Å². The maximum Gasteiger partial charge on any atom is 0.339 e. The quantitative estimate of drug-likeness (QED) is 0.792. The fourth-order valence-corrected chi connectivity index (χ4v) is 2.28. The van der Waals surface area contributed by atoms with E-state index in [-0.39, 0.29) is 12.0 Å². The van der Waals surface area contributed by atoms with Crippen molar-refractivity contribution in [1.82, 2.24) is 14.5 Å². The number of hydrogen-bond donors (Lipinski definition) is 1. The standard InChI is InChI=1S/C15H10N4O2/c16-7-5-14-18-11-3-1-2-4-13(11)19(14)12-6-8-17-9-10(12)15(20)21/h1-4,6,8-9H,5H2,(H,20,21). The summed E-state index contributed by atoms with van der Waals surface area (Å²) < 4.78 is 1.70. The smallest absolute Gasteiger partial charge is 0.339 e. The lowest BCUT2D eigenvalue weighted by atomic mass is 10.2. The van der Waals surface area contributed by atoms with Crippen molar-refractivity contribution in [3.8, 4) is 11.8 Å². The van der Waals surface area contributed by atoms with Gasteiger partial charge in [-0.05, 0) is 18.2 Å². The molecule has 0 spiro atoms. The predicted octanol–water partition coefficient (Wildman–Crippen LogP) is 2.18. The van der Waals surface area contributed by atoms with Crippen LogP contribution in [0.1, 0.15) is 16.2 Å². The minimum absolute atomic E-state index is 0.0693. The van der Waals surface area contributed by atoms with Crippen LogP contribution in [-0.2, 0) is 6.42 Å². The number of carbonyl (C=O) groups is 1. The average molecular weight is 278 g/mol. The number of carboxylic acid groups (broad SMARTS) is 1. The van der Waals surface area contributed by atoms with Gasteiger partial charge in [0.05, 0.1) is 29.2 Å². The molecule has 0 saturated carbocycles. The van der Waals surface area contributed by atoms with Crippen LogP contribution in [0.2, 0.25) is 0 Å². The Hall–Kier alpha value is -3.20. The first-order chi connectivity index (χ1) is 10.2. The summed E-state index contributed by atoms with van der Waals surface area (Å²) in [5, 5.41) is 18.3. The zero-order valence-electron chi connectivity index (χ0n) is 10.9. The van der Waals surface area contributed by atoms with E-state index >= 15 is 0 Å². The fraction of sp³-hybridized carbons (Fsp3) is 0.0667. The maximum atomic E-state index is 11.4. The first-order valence-electron chi connectivity index (χ1n) is 6.23. The second kappa shape index (κ2) is 5.06. The van der Waals surface area contributed by atoms with Gasteiger partial charge in [0.15, 0.2) is 0 Å². The Morgan fingerprint density at radius 1 is 1.33 bits per heavy atom. The number of imidazole rings is 1. The Labute approximate surface area is 119 Å². The molecule has 1 N–H and O–H groups in total. The van der Waals surface area contributed by atoms with Gasteiger partial charge in [-0.1, -0.05) is 12.1 Å². The SMILES string of the molecule is N#CCc1nc2ccccc2n1-c1ccncc1C(=O)O. The molecular formula is C15H10N4O2. The lowest BCUT2D eigenvalue weighted by Gasteiger charge is -2.10. The van der Waals surface area contributed by atoms with Crippen LogP contribution in [0.15, 0.2) is 42.7 Å². The lowest BCUT2D eigenvalue weighted by Crippen LogP contribution is -2.08. The van der Waals surface area contributed by atoms with Gasteiger partial charge in [0, 0.05) is 12.4 Å². The summed E-state index contributed by atoms with van der Waals surface area (Å²) in [6.07, 6.45) is 2.91. The van der Waals surface area contributed by atoms with Crippen molar-refractivity contribution in [2.24, 2.45) is 0 Å². The molecule has 21 heavy (non-hydrogen) atoms. The first-order valence-corrected chi connectivity index (χ1v) is 6.23.